The van der Waals surface area contributed by atoms with Gasteiger partial charge in [-0.3, -0.25) is 0 Å². The lowest BCUT2D eigenvalue weighted by Gasteiger charge is -2.55. The maximum Gasteiger partial charge on any atom is 0.243 e. The van der Waals surface area contributed by atoms with Crippen LogP contribution in [0, 0.1) is 17.1 Å². The van der Waals surface area contributed by atoms with Crippen molar-refractivity contribution in [3.63, 3.8) is 0 Å². The minimum atomic E-state index is -3.64. The number of halogens is 1. The van der Waals surface area contributed by atoms with Gasteiger partial charge in [0.2, 0.25) is 10.0 Å². The molecule has 3 aliphatic heterocycles. The van der Waals surface area contributed by atoms with E-state index in [0.717, 1.165) is 6.42 Å². The number of sulfonamides is 1. The van der Waals surface area contributed by atoms with Gasteiger partial charge in [0.15, 0.2) is 11.6 Å². The normalized spacial score (nSPS) is 22.2. The van der Waals surface area contributed by atoms with Gasteiger partial charge in [0.1, 0.15) is 6.33 Å². The number of benzene rings is 1. The van der Waals surface area contributed by atoms with Crippen LogP contribution in [0.5, 0.6) is 0 Å². The highest BCUT2D eigenvalue weighted by atomic mass is 32.2. The van der Waals surface area contributed by atoms with E-state index in [9.17, 15) is 12.8 Å². The van der Waals surface area contributed by atoms with Gasteiger partial charge < -0.3 is 4.90 Å². The van der Waals surface area contributed by atoms with Crippen LogP contribution in [0.2, 0.25) is 0 Å². The van der Waals surface area contributed by atoms with Crippen molar-refractivity contribution in [2.45, 2.75) is 36.7 Å². The molecule has 0 saturated carbocycles. The number of hydrogen-bond donors (Lipinski definition) is 0. The molecular weight excluding hydrogens is 369 g/mol. The Hall–Kier alpha value is -2.57. The molecule has 2 atom stereocenters. The number of hydrogen-bond acceptors (Lipinski definition) is 6. The van der Waals surface area contributed by atoms with Gasteiger partial charge in [-0.25, -0.2) is 22.8 Å². The van der Waals surface area contributed by atoms with E-state index < -0.39 is 15.8 Å². The van der Waals surface area contributed by atoms with E-state index in [0.29, 0.717) is 30.8 Å². The SMILES string of the molecule is CCc1ncnc(N2CC3CC(C2)N3S(=O)(=O)c2ccc(C#N)cc2)c1F. The Balaban J connectivity index is 1.56. The van der Waals surface area contributed by atoms with Crippen molar-refractivity contribution in [1.82, 2.24) is 14.3 Å². The number of piperazine rings is 1. The van der Waals surface area contributed by atoms with Crippen LogP contribution < -0.4 is 4.90 Å². The first-order chi connectivity index (χ1) is 13.0. The van der Waals surface area contributed by atoms with Crippen LogP contribution >= 0.6 is 0 Å². The molecule has 3 fully saturated rings. The number of aryl methyl sites for hydroxylation is 1. The lowest BCUT2D eigenvalue weighted by Crippen LogP contribution is -2.70. The van der Waals surface area contributed by atoms with Gasteiger partial charge in [0.25, 0.3) is 0 Å². The maximum absolute atomic E-state index is 14.5. The van der Waals surface area contributed by atoms with E-state index in [2.05, 4.69) is 9.97 Å². The summed E-state index contributed by atoms with van der Waals surface area (Å²) < 4.78 is 42.0. The summed E-state index contributed by atoms with van der Waals surface area (Å²) in [6.45, 7) is 2.61. The zero-order valence-corrected chi connectivity index (χ0v) is 15.5. The minimum absolute atomic E-state index is 0.172. The number of aromatic nitrogens is 2. The Morgan fingerprint density at radius 2 is 1.89 bits per heavy atom. The average molecular weight is 387 g/mol. The Bertz CT molecular complexity index is 1010. The second-order valence-electron chi connectivity index (χ2n) is 6.73. The highest BCUT2D eigenvalue weighted by molar-refractivity contribution is 7.89. The molecule has 27 heavy (non-hydrogen) atoms. The Morgan fingerprint density at radius 3 is 2.48 bits per heavy atom. The molecule has 2 unspecified atom stereocenters. The summed E-state index contributed by atoms with van der Waals surface area (Å²) in [6.07, 6.45) is 2.57. The molecule has 0 amide bonds. The first-order valence-electron chi connectivity index (χ1n) is 8.73. The van der Waals surface area contributed by atoms with Gasteiger partial charge in [-0.15, -0.1) is 0 Å². The van der Waals surface area contributed by atoms with Crippen molar-refractivity contribution in [1.29, 1.82) is 5.26 Å². The summed E-state index contributed by atoms with van der Waals surface area (Å²) in [5.74, 6) is -0.185. The van der Waals surface area contributed by atoms with Gasteiger partial charge in [0.05, 0.1) is 22.2 Å². The summed E-state index contributed by atoms with van der Waals surface area (Å²) in [5.41, 5.74) is 0.774. The summed E-state index contributed by atoms with van der Waals surface area (Å²) in [4.78, 5) is 10.00. The Kier molecular flexibility index (Phi) is 4.32. The third-order valence-corrected chi connectivity index (χ3v) is 7.18. The average Bonchev–Trinajstić information content (AvgIpc) is 2.67. The molecule has 0 radical (unpaired) electrons. The van der Waals surface area contributed by atoms with Crippen LogP contribution in [-0.4, -0.2) is 47.9 Å². The number of rotatable bonds is 4. The predicted molar refractivity (Wildman–Crippen MR) is 96.0 cm³/mol. The van der Waals surface area contributed by atoms with E-state index in [-0.39, 0.29) is 22.8 Å². The van der Waals surface area contributed by atoms with Crippen molar-refractivity contribution in [2.24, 2.45) is 0 Å². The molecule has 1 aromatic carbocycles. The van der Waals surface area contributed by atoms with E-state index in [1.165, 1.54) is 34.9 Å². The fraction of sp³-hybridized carbons (Fsp3) is 0.389. The maximum atomic E-state index is 14.5. The molecule has 140 valence electrons. The van der Waals surface area contributed by atoms with Gasteiger partial charge in [-0.1, -0.05) is 6.92 Å². The topological polar surface area (TPSA) is 90.2 Å². The third-order valence-electron chi connectivity index (χ3n) is 5.16. The van der Waals surface area contributed by atoms with Crippen LogP contribution in [0.25, 0.3) is 0 Å². The number of piperidine rings is 1. The van der Waals surface area contributed by atoms with Gasteiger partial charge in [-0.2, -0.15) is 9.57 Å². The van der Waals surface area contributed by atoms with Crippen molar-refractivity contribution >= 4 is 15.8 Å². The fourth-order valence-corrected chi connectivity index (χ4v) is 5.64. The molecule has 3 saturated heterocycles. The molecule has 9 heteroatoms. The van der Waals surface area contributed by atoms with Gasteiger partial charge in [0, 0.05) is 25.2 Å². The van der Waals surface area contributed by atoms with E-state index in [1.807, 2.05) is 13.0 Å². The third kappa shape index (κ3) is 2.85. The summed E-state index contributed by atoms with van der Waals surface area (Å²) in [6, 6.07) is 7.45. The van der Waals surface area contributed by atoms with Crippen LogP contribution in [0.1, 0.15) is 24.6 Å². The van der Waals surface area contributed by atoms with Crippen LogP contribution in [0.3, 0.4) is 0 Å². The Labute approximate surface area is 157 Å². The minimum Gasteiger partial charge on any atom is -0.351 e. The fourth-order valence-electron chi connectivity index (χ4n) is 3.83. The first kappa shape index (κ1) is 17.8. The molecule has 0 spiro atoms. The second kappa shape index (κ2) is 6.55. The van der Waals surface area contributed by atoms with Crippen molar-refractivity contribution in [3.05, 3.63) is 47.7 Å². The largest absolute Gasteiger partial charge is 0.351 e. The summed E-state index contributed by atoms with van der Waals surface area (Å²) >= 11 is 0. The molecule has 2 bridgehead atoms. The molecule has 0 aliphatic carbocycles. The molecule has 2 aromatic rings. The quantitative estimate of drug-likeness (QED) is 0.793. The molecule has 1 aromatic heterocycles. The van der Waals surface area contributed by atoms with Crippen molar-refractivity contribution in [2.75, 3.05) is 18.0 Å². The molecule has 0 N–H and O–H groups in total. The number of nitriles is 1. The monoisotopic (exact) mass is 387 g/mol. The highest BCUT2D eigenvalue weighted by Gasteiger charge is 2.51. The smallest absolute Gasteiger partial charge is 0.243 e. The Morgan fingerprint density at radius 1 is 1.22 bits per heavy atom. The standard InChI is InChI=1S/C18H18FN5O2S/c1-2-16-17(19)18(22-11-21-16)23-9-13-7-14(10-23)24(13)27(25,26)15-5-3-12(8-20)4-6-15/h3-6,11,13-14H,2,7,9-10H2,1H3. The second-order valence-corrected chi connectivity index (χ2v) is 8.57. The van der Waals surface area contributed by atoms with Crippen LogP contribution in [0.4, 0.5) is 10.2 Å². The van der Waals surface area contributed by atoms with E-state index >= 15 is 0 Å². The molecular formula is C18H18FN5O2S. The van der Waals surface area contributed by atoms with Crippen molar-refractivity contribution in [3.8, 4) is 6.07 Å². The lowest BCUT2D eigenvalue weighted by molar-refractivity contribution is 0.0870. The lowest BCUT2D eigenvalue weighted by atomic mass is 9.91. The molecule has 7 nitrogen and oxygen atoms in total. The number of anilines is 1. The zero-order chi connectivity index (χ0) is 19.2. The molecule has 5 rings (SSSR count). The number of fused-ring (bicyclic) bond motifs is 2. The highest BCUT2D eigenvalue weighted by Crippen LogP contribution is 2.39. The predicted octanol–water partition coefficient (Wildman–Crippen LogP) is 1.70. The van der Waals surface area contributed by atoms with Gasteiger partial charge >= 0.3 is 0 Å². The molecule has 4 heterocycles. The summed E-state index contributed by atoms with van der Waals surface area (Å²) in [7, 11) is -3.64. The van der Waals surface area contributed by atoms with Crippen LogP contribution in [0.15, 0.2) is 35.5 Å². The number of nitrogens with zero attached hydrogens (tertiary/aromatic N) is 5. The van der Waals surface area contributed by atoms with E-state index in [1.54, 1.807) is 4.90 Å². The van der Waals surface area contributed by atoms with Gasteiger partial charge in [-0.05, 0) is 37.1 Å². The molecule has 3 aliphatic rings. The van der Waals surface area contributed by atoms with Crippen molar-refractivity contribution < 1.29 is 12.8 Å². The first-order valence-corrected chi connectivity index (χ1v) is 10.2. The van der Waals surface area contributed by atoms with Crippen LogP contribution in [-0.2, 0) is 16.4 Å². The zero-order valence-electron chi connectivity index (χ0n) is 14.7. The summed E-state index contributed by atoms with van der Waals surface area (Å²) in [5, 5.41) is 8.87. The van der Waals surface area contributed by atoms with E-state index in [4.69, 9.17) is 5.26 Å².